The monoisotopic (exact) mass is 496 g/mol. The lowest BCUT2D eigenvalue weighted by molar-refractivity contribution is -0.139. The molecule has 1 aliphatic rings. The van der Waals surface area contributed by atoms with E-state index in [1.807, 2.05) is 43.3 Å². The van der Waals surface area contributed by atoms with Crippen molar-refractivity contribution in [1.82, 2.24) is 14.7 Å². The minimum Gasteiger partial charge on any atom is -0.491 e. The van der Waals surface area contributed by atoms with Crippen molar-refractivity contribution in [3.8, 4) is 28.8 Å². The van der Waals surface area contributed by atoms with Gasteiger partial charge in [0.05, 0.1) is 12.3 Å². The van der Waals surface area contributed by atoms with Gasteiger partial charge in [0.25, 0.3) is 11.8 Å². The summed E-state index contributed by atoms with van der Waals surface area (Å²) in [6.07, 6.45) is 5.47. The third-order valence-electron chi connectivity index (χ3n) is 5.87. The molecule has 0 saturated heterocycles. The average Bonchev–Trinajstić information content (AvgIpc) is 3.33. The van der Waals surface area contributed by atoms with Crippen molar-refractivity contribution < 1.29 is 18.7 Å². The second-order valence-corrected chi connectivity index (χ2v) is 8.39. The first-order valence-electron chi connectivity index (χ1n) is 11.8. The lowest BCUT2D eigenvalue weighted by atomic mass is 9.93. The maximum atomic E-state index is 14.9. The van der Waals surface area contributed by atoms with Gasteiger partial charge in [0.2, 0.25) is 0 Å². The second-order valence-electron chi connectivity index (χ2n) is 8.39. The number of para-hydroxylation sites is 1. The maximum Gasteiger partial charge on any atom is 0.271 e. The molecule has 0 aliphatic carbocycles. The molecule has 2 heterocycles. The number of nitriles is 1. The highest BCUT2D eigenvalue weighted by Crippen LogP contribution is 2.32. The summed E-state index contributed by atoms with van der Waals surface area (Å²) in [6.45, 7) is 7.46. The number of nitrogens with zero attached hydrogens (tertiary/aromatic N) is 4. The maximum absolute atomic E-state index is 14.9. The Morgan fingerprint density at radius 3 is 2.57 bits per heavy atom. The molecule has 1 aromatic heterocycles. The molecule has 37 heavy (non-hydrogen) atoms. The van der Waals surface area contributed by atoms with E-state index in [0.717, 1.165) is 17.0 Å². The number of amides is 2. The van der Waals surface area contributed by atoms with E-state index >= 15 is 0 Å². The number of hydrogen-bond donors (Lipinski definition) is 0. The van der Waals surface area contributed by atoms with E-state index in [1.165, 1.54) is 12.1 Å². The van der Waals surface area contributed by atoms with E-state index in [1.54, 1.807) is 36.0 Å². The second kappa shape index (κ2) is 10.9. The molecule has 0 N–H and O–H groups in total. The van der Waals surface area contributed by atoms with Crippen LogP contribution in [0.3, 0.4) is 0 Å². The van der Waals surface area contributed by atoms with Gasteiger partial charge in [0.15, 0.2) is 11.6 Å². The van der Waals surface area contributed by atoms with Crippen molar-refractivity contribution >= 4 is 17.9 Å². The predicted molar refractivity (Wildman–Crippen MR) is 138 cm³/mol. The number of ether oxygens (including phenoxy) is 1. The predicted octanol–water partition coefficient (Wildman–Crippen LogP) is 5.25. The molecule has 4 rings (SSSR count). The van der Waals surface area contributed by atoms with Gasteiger partial charge in [-0.1, -0.05) is 31.2 Å². The van der Waals surface area contributed by atoms with Crippen molar-refractivity contribution in [2.75, 3.05) is 13.2 Å². The third kappa shape index (κ3) is 4.98. The van der Waals surface area contributed by atoms with Crippen LogP contribution >= 0.6 is 0 Å². The van der Waals surface area contributed by atoms with Crippen LogP contribution < -0.4 is 4.74 Å². The van der Waals surface area contributed by atoms with Crippen LogP contribution in [0, 0.1) is 17.1 Å². The molecule has 0 atom stereocenters. The fourth-order valence-electron chi connectivity index (χ4n) is 3.99. The van der Waals surface area contributed by atoms with Crippen LogP contribution in [0.15, 0.2) is 84.1 Å². The number of benzene rings is 2. The molecule has 0 fully saturated rings. The van der Waals surface area contributed by atoms with Gasteiger partial charge in [0, 0.05) is 29.4 Å². The summed E-state index contributed by atoms with van der Waals surface area (Å²) >= 11 is 0. The van der Waals surface area contributed by atoms with Crippen LogP contribution in [0.4, 0.5) is 4.39 Å². The number of imide groups is 1. The van der Waals surface area contributed by atoms with Crippen molar-refractivity contribution in [2.24, 2.45) is 0 Å². The van der Waals surface area contributed by atoms with Crippen molar-refractivity contribution in [3.63, 3.8) is 0 Å². The van der Waals surface area contributed by atoms with Crippen LogP contribution in [-0.4, -0.2) is 39.6 Å². The molecule has 2 aromatic carbocycles. The van der Waals surface area contributed by atoms with Gasteiger partial charge in [-0.2, -0.15) is 10.4 Å². The molecule has 7 nitrogen and oxygen atoms in total. The number of carbonyl (C=O) groups excluding carboxylic acids is 2. The number of rotatable bonds is 8. The van der Waals surface area contributed by atoms with E-state index < -0.39 is 17.6 Å². The normalized spacial score (nSPS) is 14.8. The van der Waals surface area contributed by atoms with E-state index in [0.29, 0.717) is 23.4 Å². The lowest BCUT2D eigenvalue weighted by Crippen LogP contribution is -2.42. The molecule has 0 bridgehead atoms. The van der Waals surface area contributed by atoms with Crippen LogP contribution in [0.25, 0.3) is 23.0 Å². The first-order valence-corrected chi connectivity index (χ1v) is 11.8. The standard InChI is InChI=1S/C29H25FN4O3/c1-4-13-33-28(35)23(19(3)24(17-31)29(33)36)15-21-18-34(22-9-7-6-8-10-22)32-27(21)20-11-12-26(25(30)16-20)37-14-5-2/h4,6-12,15-16,18H,1,5,13-14H2,2-3H3/b23-15+. The third-order valence-corrected chi connectivity index (χ3v) is 5.87. The Balaban J connectivity index is 1.89. The lowest BCUT2D eigenvalue weighted by Gasteiger charge is -2.26. The Labute approximate surface area is 214 Å². The highest BCUT2D eigenvalue weighted by atomic mass is 19.1. The Kier molecular flexibility index (Phi) is 7.44. The molecule has 0 unspecified atom stereocenters. The van der Waals surface area contributed by atoms with Gasteiger partial charge in [-0.15, -0.1) is 6.58 Å². The largest absolute Gasteiger partial charge is 0.491 e. The Bertz CT molecular complexity index is 1480. The number of carbonyl (C=O) groups is 2. The summed E-state index contributed by atoms with van der Waals surface area (Å²) < 4.78 is 21.9. The first-order chi connectivity index (χ1) is 17.9. The van der Waals surface area contributed by atoms with Gasteiger partial charge in [-0.25, -0.2) is 9.07 Å². The van der Waals surface area contributed by atoms with E-state index in [-0.39, 0.29) is 29.0 Å². The molecule has 2 amide bonds. The van der Waals surface area contributed by atoms with Crippen molar-refractivity contribution in [2.45, 2.75) is 20.3 Å². The topological polar surface area (TPSA) is 88.2 Å². The van der Waals surface area contributed by atoms with Gasteiger partial charge < -0.3 is 4.74 Å². The fraction of sp³-hybridized carbons (Fsp3) is 0.172. The minimum absolute atomic E-state index is 0.0337. The van der Waals surface area contributed by atoms with Crippen LogP contribution in [-0.2, 0) is 9.59 Å². The summed E-state index contributed by atoms with van der Waals surface area (Å²) in [4.78, 5) is 26.9. The number of hydrogen-bond acceptors (Lipinski definition) is 5. The summed E-state index contributed by atoms with van der Waals surface area (Å²) in [5, 5.41) is 14.3. The molecule has 1 aliphatic heterocycles. The quantitative estimate of drug-likeness (QED) is 0.242. The van der Waals surface area contributed by atoms with E-state index in [2.05, 4.69) is 11.7 Å². The van der Waals surface area contributed by atoms with Crippen LogP contribution in [0.2, 0.25) is 0 Å². The molecule has 0 saturated carbocycles. The Morgan fingerprint density at radius 1 is 1.16 bits per heavy atom. The van der Waals surface area contributed by atoms with Gasteiger partial charge in [0.1, 0.15) is 17.3 Å². The van der Waals surface area contributed by atoms with Crippen molar-refractivity contribution in [1.29, 1.82) is 5.26 Å². The number of halogens is 1. The highest BCUT2D eigenvalue weighted by Gasteiger charge is 2.35. The number of aromatic nitrogens is 2. The SMILES string of the molecule is C=CCN1C(=O)C(C#N)=C(C)/C(=C\c2cn(-c3ccccc3)nc2-c2ccc(OCCC)c(F)c2)C1=O. The summed E-state index contributed by atoms with van der Waals surface area (Å²) in [7, 11) is 0. The first kappa shape index (κ1) is 25.3. The van der Waals surface area contributed by atoms with Gasteiger partial charge in [-0.05, 0) is 55.3 Å². The molecule has 8 heteroatoms. The smallest absolute Gasteiger partial charge is 0.271 e. The Morgan fingerprint density at radius 2 is 1.92 bits per heavy atom. The zero-order valence-electron chi connectivity index (χ0n) is 20.6. The summed E-state index contributed by atoms with van der Waals surface area (Å²) in [5.74, 6) is -1.59. The zero-order valence-corrected chi connectivity index (χ0v) is 20.6. The van der Waals surface area contributed by atoms with Gasteiger partial charge >= 0.3 is 0 Å². The minimum atomic E-state index is -0.660. The highest BCUT2D eigenvalue weighted by molar-refractivity contribution is 6.19. The molecule has 0 spiro atoms. The van der Waals surface area contributed by atoms with E-state index in [9.17, 15) is 19.2 Å². The average molecular weight is 497 g/mol. The zero-order chi connectivity index (χ0) is 26.5. The molecular weight excluding hydrogens is 471 g/mol. The fourth-order valence-corrected chi connectivity index (χ4v) is 3.99. The molecule has 186 valence electrons. The van der Waals surface area contributed by atoms with Crippen LogP contribution in [0.1, 0.15) is 25.8 Å². The Hall–Kier alpha value is -4.77. The summed E-state index contributed by atoms with van der Waals surface area (Å²) in [6, 6.07) is 15.8. The van der Waals surface area contributed by atoms with E-state index in [4.69, 9.17) is 4.74 Å². The van der Waals surface area contributed by atoms with Gasteiger partial charge in [-0.3, -0.25) is 14.5 Å². The molecular formula is C29H25FN4O3. The van der Waals surface area contributed by atoms with Crippen LogP contribution in [0.5, 0.6) is 5.75 Å². The summed E-state index contributed by atoms with van der Waals surface area (Å²) in [5.41, 5.74) is 2.50. The van der Waals surface area contributed by atoms with Crippen molar-refractivity contribution in [3.05, 3.63) is 95.5 Å². The molecule has 0 radical (unpaired) electrons. The molecule has 3 aromatic rings.